The van der Waals surface area contributed by atoms with Gasteiger partial charge in [-0.25, -0.2) is 4.98 Å². The van der Waals surface area contributed by atoms with E-state index in [0.29, 0.717) is 11.7 Å². The van der Waals surface area contributed by atoms with Crippen molar-refractivity contribution in [3.05, 3.63) is 40.1 Å². The molecule has 2 heterocycles. The molecule has 6 heteroatoms. The van der Waals surface area contributed by atoms with Gasteiger partial charge in [-0.05, 0) is 31.3 Å². The van der Waals surface area contributed by atoms with E-state index < -0.39 is 0 Å². The number of hydrogen-bond donors (Lipinski definition) is 2. The van der Waals surface area contributed by atoms with Gasteiger partial charge < -0.3 is 10.6 Å². The van der Waals surface area contributed by atoms with Crippen molar-refractivity contribution in [2.45, 2.75) is 13.5 Å². The standard InChI is InChI=1S/C13H15N3S3/c1-3-6-14-13(17)15-7-10-4-5-12(19-10)11-8-18-9(2)16-11/h3-5,8H,1,6-7H2,2H3,(H2,14,15,17). The van der Waals surface area contributed by atoms with Crippen LogP contribution in [0.15, 0.2) is 30.2 Å². The number of thiocarbonyl (C=S) groups is 1. The van der Waals surface area contributed by atoms with Crippen LogP contribution in [0.3, 0.4) is 0 Å². The molecule has 0 aliphatic carbocycles. The highest BCUT2D eigenvalue weighted by atomic mass is 32.1. The molecule has 2 aromatic heterocycles. The predicted octanol–water partition coefficient (Wildman–Crippen LogP) is 3.33. The maximum atomic E-state index is 5.15. The van der Waals surface area contributed by atoms with Crippen LogP contribution < -0.4 is 10.6 Å². The summed E-state index contributed by atoms with van der Waals surface area (Å²) in [5.41, 5.74) is 1.06. The van der Waals surface area contributed by atoms with E-state index in [1.54, 1.807) is 28.7 Å². The molecular weight excluding hydrogens is 294 g/mol. The molecule has 2 N–H and O–H groups in total. The lowest BCUT2D eigenvalue weighted by molar-refractivity contribution is 0.885. The second-order valence-corrected chi connectivity index (χ2v) is 6.51. The third kappa shape index (κ3) is 4.12. The highest BCUT2D eigenvalue weighted by Crippen LogP contribution is 2.28. The Hall–Kier alpha value is -1.24. The van der Waals surface area contributed by atoms with Crippen LogP contribution in [0.5, 0.6) is 0 Å². The fourth-order valence-corrected chi connectivity index (χ4v) is 3.23. The number of rotatable bonds is 5. The van der Waals surface area contributed by atoms with Crippen molar-refractivity contribution in [3.63, 3.8) is 0 Å². The van der Waals surface area contributed by atoms with Crippen molar-refractivity contribution >= 4 is 40.0 Å². The molecule has 19 heavy (non-hydrogen) atoms. The summed E-state index contributed by atoms with van der Waals surface area (Å²) >= 11 is 8.56. The first kappa shape index (κ1) is 14.2. The van der Waals surface area contributed by atoms with Crippen LogP contribution in [0, 0.1) is 6.92 Å². The molecule has 0 fully saturated rings. The first-order chi connectivity index (χ1) is 9.19. The maximum Gasteiger partial charge on any atom is 0.166 e. The van der Waals surface area contributed by atoms with Crippen molar-refractivity contribution in [2.75, 3.05) is 6.54 Å². The minimum atomic E-state index is 0.652. The number of aryl methyl sites for hydroxylation is 1. The molecule has 0 saturated carbocycles. The maximum absolute atomic E-state index is 5.15. The summed E-state index contributed by atoms with van der Waals surface area (Å²) in [4.78, 5) is 6.93. The van der Waals surface area contributed by atoms with Crippen LogP contribution in [0.1, 0.15) is 9.88 Å². The van der Waals surface area contributed by atoms with Crippen molar-refractivity contribution in [2.24, 2.45) is 0 Å². The van der Waals surface area contributed by atoms with E-state index in [2.05, 4.69) is 39.7 Å². The summed E-state index contributed by atoms with van der Waals surface area (Å²) in [6.07, 6.45) is 1.78. The number of nitrogens with zero attached hydrogens (tertiary/aromatic N) is 1. The number of thiazole rings is 1. The summed E-state index contributed by atoms with van der Waals surface area (Å²) in [5.74, 6) is 0. The molecule has 3 nitrogen and oxygen atoms in total. The van der Waals surface area contributed by atoms with E-state index in [0.717, 1.165) is 17.2 Å². The fourth-order valence-electron chi connectivity index (χ4n) is 1.48. The third-order valence-electron chi connectivity index (χ3n) is 2.36. The lowest BCUT2D eigenvalue weighted by atomic mass is 10.3. The average molecular weight is 309 g/mol. The summed E-state index contributed by atoms with van der Waals surface area (Å²) in [7, 11) is 0. The van der Waals surface area contributed by atoms with Crippen LogP contribution in [-0.4, -0.2) is 16.6 Å². The summed E-state index contributed by atoms with van der Waals surface area (Å²) in [6.45, 7) is 7.07. The molecule has 0 unspecified atom stereocenters. The Morgan fingerprint density at radius 3 is 3.00 bits per heavy atom. The Labute approximate surface area is 126 Å². The van der Waals surface area contributed by atoms with E-state index in [1.165, 1.54) is 9.75 Å². The van der Waals surface area contributed by atoms with Gasteiger partial charge in [0.1, 0.15) is 0 Å². The van der Waals surface area contributed by atoms with Gasteiger partial charge in [0.15, 0.2) is 5.11 Å². The van der Waals surface area contributed by atoms with E-state index in [9.17, 15) is 0 Å². The van der Waals surface area contributed by atoms with Gasteiger partial charge in [-0.2, -0.15) is 0 Å². The molecule has 100 valence electrons. The molecule has 0 radical (unpaired) electrons. The van der Waals surface area contributed by atoms with E-state index in [-0.39, 0.29) is 0 Å². The number of nitrogens with one attached hydrogen (secondary N) is 2. The van der Waals surface area contributed by atoms with Crippen molar-refractivity contribution < 1.29 is 0 Å². The Morgan fingerprint density at radius 1 is 1.47 bits per heavy atom. The molecule has 2 rings (SSSR count). The van der Waals surface area contributed by atoms with Crippen LogP contribution >= 0.6 is 34.9 Å². The number of aromatic nitrogens is 1. The van der Waals surface area contributed by atoms with Gasteiger partial charge in [-0.1, -0.05) is 6.08 Å². The molecule has 0 aliphatic heterocycles. The Kier molecular flexibility index (Phi) is 5.07. The first-order valence-corrected chi connectivity index (χ1v) is 7.93. The van der Waals surface area contributed by atoms with Gasteiger partial charge in [-0.15, -0.1) is 29.3 Å². The monoisotopic (exact) mass is 309 g/mol. The zero-order valence-corrected chi connectivity index (χ0v) is 13.1. The largest absolute Gasteiger partial charge is 0.359 e. The van der Waals surface area contributed by atoms with Crippen LogP contribution in [0.2, 0.25) is 0 Å². The first-order valence-electron chi connectivity index (χ1n) is 5.83. The highest BCUT2D eigenvalue weighted by molar-refractivity contribution is 7.80. The van der Waals surface area contributed by atoms with Gasteiger partial charge in [-0.3, -0.25) is 0 Å². The number of thiophene rings is 1. The molecule has 0 spiro atoms. The SMILES string of the molecule is C=CCNC(=S)NCc1ccc(-c2csc(C)n2)s1. The van der Waals surface area contributed by atoms with Gasteiger partial charge in [0.2, 0.25) is 0 Å². The fraction of sp³-hybridized carbons (Fsp3) is 0.231. The predicted molar refractivity (Wildman–Crippen MR) is 87.8 cm³/mol. The van der Waals surface area contributed by atoms with Gasteiger partial charge >= 0.3 is 0 Å². The Balaban J connectivity index is 1.91. The Morgan fingerprint density at radius 2 is 2.32 bits per heavy atom. The zero-order chi connectivity index (χ0) is 13.7. The normalized spacial score (nSPS) is 10.2. The third-order valence-corrected chi connectivity index (χ3v) is 4.53. The van der Waals surface area contributed by atoms with Crippen LogP contribution in [0.4, 0.5) is 0 Å². The average Bonchev–Trinajstić information content (AvgIpc) is 3.02. The van der Waals surface area contributed by atoms with Crippen molar-refractivity contribution in [3.8, 4) is 10.6 Å². The molecule has 0 amide bonds. The van der Waals surface area contributed by atoms with Gasteiger partial charge in [0.05, 0.1) is 22.1 Å². The summed E-state index contributed by atoms with van der Waals surface area (Å²) in [5, 5.41) is 10.0. The Bertz CT molecular complexity index is 571. The zero-order valence-electron chi connectivity index (χ0n) is 10.6. The molecule has 0 bridgehead atoms. The topological polar surface area (TPSA) is 37.0 Å². The second-order valence-electron chi connectivity index (χ2n) is 3.87. The summed E-state index contributed by atoms with van der Waals surface area (Å²) in [6, 6.07) is 4.22. The minimum absolute atomic E-state index is 0.652. The lowest BCUT2D eigenvalue weighted by Crippen LogP contribution is -2.34. The minimum Gasteiger partial charge on any atom is -0.359 e. The van der Waals surface area contributed by atoms with E-state index in [1.807, 2.05) is 6.92 Å². The van der Waals surface area contributed by atoms with Crippen molar-refractivity contribution in [1.82, 2.24) is 15.6 Å². The molecule has 0 saturated heterocycles. The van der Waals surface area contributed by atoms with Crippen molar-refractivity contribution in [1.29, 1.82) is 0 Å². The molecule has 2 aromatic rings. The van der Waals surface area contributed by atoms with E-state index in [4.69, 9.17) is 12.2 Å². The van der Waals surface area contributed by atoms with E-state index >= 15 is 0 Å². The highest BCUT2D eigenvalue weighted by Gasteiger charge is 2.06. The number of hydrogen-bond acceptors (Lipinski definition) is 4. The smallest absolute Gasteiger partial charge is 0.166 e. The lowest BCUT2D eigenvalue weighted by Gasteiger charge is -2.07. The molecule has 0 atom stereocenters. The summed E-state index contributed by atoms with van der Waals surface area (Å²) < 4.78 is 0. The van der Waals surface area contributed by atoms with Crippen LogP contribution in [-0.2, 0) is 6.54 Å². The van der Waals surface area contributed by atoms with Gasteiger partial charge in [0.25, 0.3) is 0 Å². The molecule has 0 aromatic carbocycles. The van der Waals surface area contributed by atoms with Crippen LogP contribution in [0.25, 0.3) is 10.6 Å². The second kappa shape index (κ2) is 6.79. The van der Waals surface area contributed by atoms with Gasteiger partial charge in [0, 0.05) is 16.8 Å². The quantitative estimate of drug-likeness (QED) is 0.656. The molecule has 0 aliphatic rings. The molecular formula is C13H15N3S3.